The Morgan fingerprint density at radius 2 is 2.05 bits per heavy atom. The topological polar surface area (TPSA) is 43.8 Å². The Labute approximate surface area is 124 Å². The van der Waals surface area contributed by atoms with Crippen LogP contribution in [0.5, 0.6) is 0 Å². The van der Waals surface area contributed by atoms with E-state index in [-0.39, 0.29) is 5.82 Å². The number of rotatable bonds is 2. The number of fused-ring (bicyclic) bond motifs is 1. The number of nitrogens with two attached hydrogens (primary N) is 1. The molecule has 2 aromatic carbocycles. The molecule has 5 heteroatoms. The highest BCUT2D eigenvalue weighted by atomic mass is 79.9. The lowest BCUT2D eigenvalue weighted by Crippen LogP contribution is -2.00. The van der Waals surface area contributed by atoms with Crippen LogP contribution in [0, 0.1) is 5.82 Å². The Balaban J connectivity index is 2.30. The van der Waals surface area contributed by atoms with E-state index in [1.54, 1.807) is 6.07 Å². The summed E-state index contributed by atoms with van der Waals surface area (Å²) in [5.41, 5.74) is 8.98. The Morgan fingerprint density at radius 3 is 2.75 bits per heavy atom. The fourth-order valence-electron chi connectivity index (χ4n) is 2.30. The van der Waals surface area contributed by atoms with Crippen molar-refractivity contribution in [2.45, 2.75) is 13.3 Å². The molecule has 1 aromatic heterocycles. The van der Waals surface area contributed by atoms with Crippen LogP contribution in [0.3, 0.4) is 0 Å². The maximum atomic E-state index is 13.8. The average Bonchev–Trinajstić information content (AvgIpc) is 2.79. The second kappa shape index (κ2) is 4.90. The van der Waals surface area contributed by atoms with Gasteiger partial charge in [0, 0.05) is 12.1 Å². The molecule has 0 aliphatic rings. The highest BCUT2D eigenvalue weighted by molar-refractivity contribution is 9.10. The lowest BCUT2D eigenvalue weighted by atomic mass is 10.2. The number of anilines is 1. The summed E-state index contributed by atoms with van der Waals surface area (Å²) in [5, 5.41) is 0. The molecular weight excluding hydrogens is 321 g/mol. The summed E-state index contributed by atoms with van der Waals surface area (Å²) in [7, 11) is 0. The number of imidazole rings is 1. The van der Waals surface area contributed by atoms with Crippen LogP contribution in [0.1, 0.15) is 12.7 Å². The van der Waals surface area contributed by atoms with Gasteiger partial charge in [0.2, 0.25) is 0 Å². The predicted octanol–water partition coefficient (Wildman–Crippen LogP) is 4.07. The Bertz CT molecular complexity index is 795. The van der Waals surface area contributed by atoms with E-state index in [0.29, 0.717) is 10.2 Å². The van der Waals surface area contributed by atoms with E-state index in [1.807, 2.05) is 35.8 Å². The van der Waals surface area contributed by atoms with E-state index in [0.717, 1.165) is 29.0 Å². The minimum Gasteiger partial charge on any atom is -0.399 e. The number of hydrogen-bond donors (Lipinski definition) is 1. The molecule has 0 saturated carbocycles. The van der Waals surface area contributed by atoms with Crippen molar-refractivity contribution in [2.75, 3.05) is 5.73 Å². The molecule has 0 atom stereocenters. The van der Waals surface area contributed by atoms with Crippen molar-refractivity contribution in [3.8, 4) is 5.69 Å². The molecule has 0 spiro atoms. The molecule has 0 aliphatic carbocycles. The Hall–Kier alpha value is -1.88. The van der Waals surface area contributed by atoms with Crippen molar-refractivity contribution >= 4 is 32.7 Å². The molecule has 3 nitrogen and oxygen atoms in total. The first-order valence-electron chi connectivity index (χ1n) is 6.32. The molecular formula is C15H13BrFN3. The van der Waals surface area contributed by atoms with Gasteiger partial charge in [-0.25, -0.2) is 9.37 Å². The highest BCUT2D eigenvalue weighted by Crippen LogP contribution is 2.26. The number of aryl methyl sites for hydroxylation is 1. The number of benzene rings is 2. The maximum Gasteiger partial charge on any atom is 0.139 e. The first-order valence-corrected chi connectivity index (χ1v) is 7.11. The minimum atomic E-state index is -0.290. The molecule has 3 rings (SSSR count). The number of hydrogen-bond acceptors (Lipinski definition) is 2. The van der Waals surface area contributed by atoms with Gasteiger partial charge in [0.05, 0.1) is 21.2 Å². The largest absolute Gasteiger partial charge is 0.399 e. The fraction of sp³-hybridized carbons (Fsp3) is 0.133. The summed E-state index contributed by atoms with van der Waals surface area (Å²) >= 11 is 3.17. The molecule has 0 bridgehead atoms. The number of halogens is 2. The van der Waals surface area contributed by atoms with Crippen molar-refractivity contribution < 1.29 is 4.39 Å². The number of nitrogens with zero attached hydrogens (tertiary/aromatic N) is 2. The molecule has 0 amide bonds. The first-order chi connectivity index (χ1) is 9.60. The van der Waals surface area contributed by atoms with Gasteiger partial charge in [-0.05, 0) is 52.3 Å². The summed E-state index contributed by atoms with van der Waals surface area (Å²) in [6.45, 7) is 2.02. The Morgan fingerprint density at radius 1 is 1.25 bits per heavy atom. The monoisotopic (exact) mass is 333 g/mol. The van der Waals surface area contributed by atoms with Crippen molar-refractivity contribution in [3.05, 3.63) is 52.5 Å². The van der Waals surface area contributed by atoms with Gasteiger partial charge >= 0.3 is 0 Å². The SMILES string of the molecule is CCc1nc2cc(N)ccc2n1-c1ccc(Br)c(F)c1. The maximum absolute atomic E-state index is 13.8. The Kier molecular flexibility index (Phi) is 3.22. The second-order valence-electron chi connectivity index (χ2n) is 4.56. The number of aromatic nitrogens is 2. The molecule has 0 fully saturated rings. The van der Waals surface area contributed by atoms with E-state index in [9.17, 15) is 4.39 Å². The van der Waals surface area contributed by atoms with Crippen molar-refractivity contribution in [1.82, 2.24) is 9.55 Å². The van der Waals surface area contributed by atoms with Crippen molar-refractivity contribution in [2.24, 2.45) is 0 Å². The van der Waals surface area contributed by atoms with Crippen LogP contribution in [0.25, 0.3) is 16.7 Å². The molecule has 20 heavy (non-hydrogen) atoms. The van der Waals surface area contributed by atoms with E-state index >= 15 is 0 Å². The zero-order valence-electron chi connectivity index (χ0n) is 10.9. The third kappa shape index (κ3) is 2.08. The summed E-state index contributed by atoms with van der Waals surface area (Å²) in [4.78, 5) is 4.57. The molecule has 2 N–H and O–H groups in total. The van der Waals surface area contributed by atoms with Crippen LogP contribution in [0.2, 0.25) is 0 Å². The second-order valence-corrected chi connectivity index (χ2v) is 5.42. The highest BCUT2D eigenvalue weighted by Gasteiger charge is 2.12. The van der Waals surface area contributed by atoms with Crippen molar-refractivity contribution in [3.63, 3.8) is 0 Å². The van der Waals surface area contributed by atoms with Crippen LogP contribution in [0.15, 0.2) is 40.9 Å². The van der Waals surface area contributed by atoms with Crippen LogP contribution in [0.4, 0.5) is 10.1 Å². The molecule has 1 heterocycles. The van der Waals surface area contributed by atoms with E-state index in [1.165, 1.54) is 6.07 Å². The summed E-state index contributed by atoms with van der Waals surface area (Å²) in [6, 6.07) is 10.6. The van der Waals surface area contributed by atoms with Gasteiger partial charge in [0.15, 0.2) is 0 Å². The smallest absolute Gasteiger partial charge is 0.139 e. The third-order valence-electron chi connectivity index (χ3n) is 3.23. The van der Waals surface area contributed by atoms with Gasteiger partial charge in [-0.1, -0.05) is 6.92 Å². The minimum absolute atomic E-state index is 0.290. The lowest BCUT2D eigenvalue weighted by Gasteiger charge is -2.09. The molecule has 0 unspecified atom stereocenters. The molecule has 3 aromatic rings. The normalized spacial score (nSPS) is 11.2. The molecule has 0 saturated heterocycles. The van der Waals surface area contributed by atoms with Gasteiger partial charge in [0.1, 0.15) is 11.6 Å². The van der Waals surface area contributed by atoms with Crippen LogP contribution < -0.4 is 5.73 Å². The van der Waals surface area contributed by atoms with Crippen LogP contribution in [-0.2, 0) is 6.42 Å². The van der Waals surface area contributed by atoms with E-state index in [2.05, 4.69) is 20.9 Å². The first kappa shape index (κ1) is 13.1. The van der Waals surface area contributed by atoms with Gasteiger partial charge < -0.3 is 5.73 Å². The fourth-order valence-corrected chi connectivity index (χ4v) is 2.54. The average molecular weight is 334 g/mol. The van der Waals surface area contributed by atoms with Crippen LogP contribution in [-0.4, -0.2) is 9.55 Å². The van der Waals surface area contributed by atoms with E-state index in [4.69, 9.17) is 5.73 Å². The standard InChI is InChI=1S/C15H13BrFN3/c1-2-15-19-13-7-9(18)3-6-14(13)20(15)10-4-5-11(16)12(17)8-10/h3-8H,2,18H2,1H3. The zero-order valence-corrected chi connectivity index (χ0v) is 12.5. The van der Waals surface area contributed by atoms with Gasteiger partial charge in [-0.3, -0.25) is 4.57 Å². The lowest BCUT2D eigenvalue weighted by molar-refractivity contribution is 0.619. The number of nitrogen functional groups attached to an aromatic ring is 1. The van der Waals surface area contributed by atoms with Gasteiger partial charge in [0.25, 0.3) is 0 Å². The van der Waals surface area contributed by atoms with Crippen molar-refractivity contribution in [1.29, 1.82) is 0 Å². The van der Waals surface area contributed by atoms with Crippen LogP contribution >= 0.6 is 15.9 Å². The summed E-state index contributed by atoms with van der Waals surface area (Å²) < 4.78 is 16.2. The molecule has 0 radical (unpaired) electrons. The quantitative estimate of drug-likeness (QED) is 0.718. The zero-order chi connectivity index (χ0) is 14.3. The van der Waals surface area contributed by atoms with Gasteiger partial charge in [-0.2, -0.15) is 0 Å². The summed E-state index contributed by atoms with van der Waals surface area (Å²) in [5.74, 6) is 0.592. The molecule has 102 valence electrons. The third-order valence-corrected chi connectivity index (χ3v) is 3.87. The predicted molar refractivity (Wildman–Crippen MR) is 82.5 cm³/mol. The summed E-state index contributed by atoms with van der Waals surface area (Å²) in [6.07, 6.45) is 0.756. The molecule has 0 aliphatic heterocycles. The van der Waals surface area contributed by atoms with Gasteiger partial charge in [-0.15, -0.1) is 0 Å². The van der Waals surface area contributed by atoms with E-state index < -0.39 is 0 Å².